The molecule has 0 saturated heterocycles. The average molecular weight is 269 g/mol. The Kier molecular flexibility index (Phi) is 3.64. The molecule has 0 bridgehead atoms. The van der Waals surface area contributed by atoms with Crippen LogP contribution in [-0.4, -0.2) is 21.0 Å². The Morgan fingerprint density at radius 1 is 1.26 bits per heavy atom. The van der Waals surface area contributed by atoms with Crippen molar-refractivity contribution in [2.45, 2.75) is 19.0 Å². The van der Waals surface area contributed by atoms with Crippen LogP contribution in [0.4, 0.5) is 13.2 Å². The zero-order valence-electron chi connectivity index (χ0n) is 9.74. The van der Waals surface area contributed by atoms with Gasteiger partial charge in [-0.15, -0.1) is 0 Å². The first-order chi connectivity index (χ1) is 8.95. The van der Waals surface area contributed by atoms with Crippen LogP contribution in [0.3, 0.4) is 0 Å². The minimum absolute atomic E-state index is 0.000253. The van der Waals surface area contributed by atoms with Gasteiger partial charge >= 0.3 is 6.18 Å². The molecule has 0 aliphatic carbocycles. The zero-order valence-corrected chi connectivity index (χ0v) is 9.74. The van der Waals surface area contributed by atoms with Gasteiger partial charge in [0.1, 0.15) is 12.1 Å². The van der Waals surface area contributed by atoms with Crippen LogP contribution in [0.25, 0.3) is 0 Å². The third-order valence-electron chi connectivity index (χ3n) is 2.48. The molecule has 1 aromatic carbocycles. The van der Waals surface area contributed by atoms with E-state index in [-0.39, 0.29) is 18.6 Å². The Morgan fingerprint density at radius 3 is 2.68 bits per heavy atom. The highest BCUT2D eigenvalue weighted by Crippen LogP contribution is 2.29. The Hall–Kier alpha value is -2.18. The topological polar surface area (TPSA) is 58.6 Å². The van der Waals surface area contributed by atoms with Crippen molar-refractivity contribution in [1.82, 2.24) is 15.2 Å². The molecule has 1 aromatic heterocycles. The second-order valence-corrected chi connectivity index (χ2v) is 4.01. The van der Waals surface area contributed by atoms with Crippen LogP contribution in [0.2, 0.25) is 0 Å². The molecule has 4 nitrogen and oxygen atoms in total. The summed E-state index contributed by atoms with van der Waals surface area (Å²) in [5, 5.41) is 6.18. The molecule has 2 rings (SSSR count). The Labute approximate surface area is 106 Å². The maximum atomic E-state index is 12.5. The highest BCUT2D eigenvalue weighted by atomic mass is 19.4. The summed E-state index contributed by atoms with van der Waals surface area (Å²) < 4.78 is 37.5. The van der Waals surface area contributed by atoms with Gasteiger partial charge in [-0.25, -0.2) is 4.98 Å². The van der Waals surface area contributed by atoms with E-state index in [0.29, 0.717) is 11.4 Å². The first kappa shape index (κ1) is 13.3. The number of nitrogens with one attached hydrogen (secondary N) is 1. The number of rotatable bonds is 4. The lowest BCUT2D eigenvalue weighted by Crippen LogP contribution is -2.10. The molecule has 0 aliphatic heterocycles. The van der Waals surface area contributed by atoms with Crippen molar-refractivity contribution in [3.8, 4) is 0 Å². The number of hydrogen-bond donors (Lipinski definition) is 1. The molecule has 100 valence electrons. The van der Waals surface area contributed by atoms with Gasteiger partial charge in [0.2, 0.25) is 0 Å². The molecule has 0 fully saturated rings. The van der Waals surface area contributed by atoms with E-state index >= 15 is 0 Å². The number of carbonyl (C=O) groups excluding carboxylic acids is 1. The van der Waals surface area contributed by atoms with Gasteiger partial charge in [-0.2, -0.15) is 18.3 Å². The zero-order chi connectivity index (χ0) is 13.9. The van der Waals surface area contributed by atoms with Crippen LogP contribution in [0.1, 0.15) is 17.0 Å². The maximum absolute atomic E-state index is 12.5. The van der Waals surface area contributed by atoms with Crippen molar-refractivity contribution in [2.24, 2.45) is 0 Å². The lowest BCUT2D eigenvalue weighted by Gasteiger charge is -2.08. The summed E-state index contributed by atoms with van der Waals surface area (Å²) in [4.78, 5) is 15.5. The second-order valence-electron chi connectivity index (χ2n) is 4.01. The predicted octanol–water partition coefficient (Wildman–Crippen LogP) is 2.18. The number of aromatic nitrogens is 3. The fraction of sp³-hybridized carbons (Fsp3) is 0.250. The summed E-state index contributed by atoms with van der Waals surface area (Å²) in [5.41, 5.74) is -0.425. The van der Waals surface area contributed by atoms with Crippen molar-refractivity contribution < 1.29 is 18.0 Å². The van der Waals surface area contributed by atoms with Crippen LogP contribution in [-0.2, 0) is 23.8 Å². The Morgan fingerprint density at radius 2 is 2.05 bits per heavy atom. The van der Waals surface area contributed by atoms with Crippen molar-refractivity contribution >= 4 is 5.78 Å². The molecule has 0 saturated carbocycles. The lowest BCUT2D eigenvalue weighted by atomic mass is 10.0. The number of benzene rings is 1. The van der Waals surface area contributed by atoms with Gasteiger partial charge in [0.15, 0.2) is 5.82 Å². The number of carbonyl (C=O) groups is 1. The van der Waals surface area contributed by atoms with Crippen LogP contribution in [0.15, 0.2) is 30.6 Å². The second kappa shape index (κ2) is 5.21. The molecule has 0 radical (unpaired) electrons. The number of nitrogens with zero attached hydrogens (tertiary/aromatic N) is 2. The summed E-state index contributed by atoms with van der Waals surface area (Å²) in [6.45, 7) is 0. The van der Waals surface area contributed by atoms with Crippen LogP contribution in [0, 0.1) is 0 Å². The van der Waals surface area contributed by atoms with E-state index < -0.39 is 11.7 Å². The minimum Gasteiger partial charge on any atom is -0.299 e. The van der Waals surface area contributed by atoms with E-state index in [1.165, 1.54) is 18.5 Å². The SMILES string of the molecule is O=C(Cc1cccc(C(F)(F)F)c1)Cc1nc[nH]n1. The van der Waals surface area contributed by atoms with Crippen LogP contribution < -0.4 is 0 Å². The Balaban J connectivity index is 2.05. The highest BCUT2D eigenvalue weighted by Gasteiger charge is 2.30. The molecule has 2 aromatic rings. The summed E-state index contributed by atoms with van der Waals surface area (Å²) in [6.07, 6.45) is -3.13. The van der Waals surface area contributed by atoms with Crippen molar-refractivity contribution in [3.05, 3.63) is 47.5 Å². The van der Waals surface area contributed by atoms with Gasteiger partial charge in [0.05, 0.1) is 12.0 Å². The van der Waals surface area contributed by atoms with Gasteiger partial charge in [-0.1, -0.05) is 18.2 Å². The van der Waals surface area contributed by atoms with E-state index in [0.717, 1.165) is 12.1 Å². The molecular formula is C12H10F3N3O. The molecule has 7 heteroatoms. The number of hydrogen-bond acceptors (Lipinski definition) is 3. The maximum Gasteiger partial charge on any atom is 0.416 e. The molecular weight excluding hydrogens is 259 g/mol. The first-order valence-electron chi connectivity index (χ1n) is 5.47. The van der Waals surface area contributed by atoms with Gasteiger partial charge < -0.3 is 0 Å². The lowest BCUT2D eigenvalue weighted by molar-refractivity contribution is -0.137. The van der Waals surface area contributed by atoms with E-state index in [1.54, 1.807) is 0 Å². The molecule has 0 aliphatic rings. The van der Waals surface area contributed by atoms with E-state index in [4.69, 9.17) is 0 Å². The number of halogens is 3. The average Bonchev–Trinajstić information content (AvgIpc) is 2.80. The third kappa shape index (κ3) is 3.64. The minimum atomic E-state index is -4.40. The number of aromatic amines is 1. The molecule has 0 spiro atoms. The molecule has 19 heavy (non-hydrogen) atoms. The normalized spacial score (nSPS) is 11.5. The van der Waals surface area contributed by atoms with Crippen molar-refractivity contribution in [1.29, 1.82) is 0 Å². The largest absolute Gasteiger partial charge is 0.416 e. The molecule has 0 unspecified atom stereocenters. The fourth-order valence-corrected chi connectivity index (χ4v) is 1.64. The molecule has 0 atom stereocenters. The highest BCUT2D eigenvalue weighted by molar-refractivity contribution is 5.82. The van der Waals surface area contributed by atoms with Gasteiger partial charge in [0.25, 0.3) is 0 Å². The predicted molar refractivity (Wildman–Crippen MR) is 60.2 cm³/mol. The van der Waals surface area contributed by atoms with Crippen molar-refractivity contribution in [2.75, 3.05) is 0 Å². The number of Topliss-reactive ketones (excluding diaryl/α,β-unsaturated/α-hetero) is 1. The van der Waals surface area contributed by atoms with E-state index in [9.17, 15) is 18.0 Å². The van der Waals surface area contributed by atoms with Crippen LogP contribution >= 0.6 is 0 Å². The summed E-state index contributed by atoms with van der Waals surface area (Å²) in [5.74, 6) is 0.0934. The van der Waals surface area contributed by atoms with Gasteiger partial charge in [-0.05, 0) is 11.6 Å². The van der Waals surface area contributed by atoms with Crippen LogP contribution in [0.5, 0.6) is 0 Å². The Bertz CT molecular complexity index is 564. The molecule has 1 heterocycles. The summed E-state index contributed by atoms with van der Waals surface area (Å²) in [7, 11) is 0. The number of alkyl halides is 3. The first-order valence-corrected chi connectivity index (χ1v) is 5.47. The quantitative estimate of drug-likeness (QED) is 0.925. The number of H-pyrrole nitrogens is 1. The summed E-state index contributed by atoms with van der Waals surface area (Å²) >= 11 is 0. The van der Waals surface area contributed by atoms with Crippen molar-refractivity contribution in [3.63, 3.8) is 0 Å². The van der Waals surface area contributed by atoms with E-state index in [1.807, 2.05) is 0 Å². The number of ketones is 1. The third-order valence-corrected chi connectivity index (χ3v) is 2.48. The van der Waals surface area contributed by atoms with E-state index in [2.05, 4.69) is 15.2 Å². The van der Waals surface area contributed by atoms with Gasteiger partial charge in [0, 0.05) is 6.42 Å². The van der Waals surface area contributed by atoms with Gasteiger partial charge in [-0.3, -0.25) is 9.89 Å². The summed E-state index contributed by atoms with van der Waals surface area (Å²) in [6, 6.07) is 4.74. The standard InChI is InChI=1S/C12H10F3N3O/c13-12(14,15)9-3-1-2-8(4-9)5-10(19)6-11-16-7-17-18-11/h1-4,7H,5-6H2,(H,16,17,18). The smallest absolute Gasteiger partial charge is 0.299 e. The fourth-order valence-electron chi connectivity index (χ4n) is 1.64. The molecule has 1 N–H and O–H groups in total. The molecule has 0 amide bonds. The monoisotopic (exact) mass is 269 g/mol.